The van der Waals surface area contributed by atoms with Gasteiger partial charge < -0.3 is 15.0 Å². The molecule has 0 aromatic rings. The van der Waals surface area contributed by atoms with Gasteiger partial charge in [-0.05, 0) is 13.8 Å². The Kier molecular flexibility index (Phi) is 12.4. The van der Waals surface area contributed by atoms with Crippen molar-refractivity contribution in [1.82, 2.24) is 10.2 Å². The number of rotatable bonds is 10. The molecule has 1 N–H and O–H groups in total. The minimum Gasteiger partial charge on any atom is -0.383 e. The molecular weight excluding hydrogens is 304 g/mol. The van der Waals surface area contributed by atoms with Gasteiger partial charge in [0.2, 0.25) is 5.91 Å². The van der Waals surface area contributed by atoms with Crippen LogP contribution in [0.25, 0.3) is 0 Å². The Morgan fingerprint density at radius 1 is 1.35 bits per heavy atom. The molecule has 122 valence electrons. The van der Waals surface area contributed by atoms with Crippen molar-refractivity contribution in [3.8, 4) is 0 Å². The number of nitrogens with zero attached hydrogens (tertiary/aromatic N) is 1. The molecule has 6 nitrogen and oxygen atoms in total. The summed E-state index contributed by atoms with van der Waals surface area (Å²) in [6.45, 7) is 7.08. The SMILES string of the molecule is CCN(C(=O)CNCCOC)C(C)CS(=O)(=O)CC.Cl. The van der Waals surface area contributed by atoms with Crippen LogP contribution in [0.1, 0.15) is 20.8 Å². The molecule has 0 aliphatic rings. The van der Waals surface area contributed by atoms with Crippen molar-refractivity contribution in [3.63, 3.8) is 0 Å². The normalized spacial score (nSPS) is 12.6. The summed E-state index contributed by atoms with van der Waals surface area (Å²) in [5, 5.41) is 2.97. The molecule has 20 heavy (non-hydrogen) atoms. The van der Waals surface area contributed by atoms with Crippen LogP contribution in [0.5, 0.6) is 0 Å². The molecular formula is C12H27ClN2O4S. The predicted molar refractivity (Wildman–Crippen MR) is 83.2 cm³/mol. The van der Waals surface area contributed by atoms with Crippen molar-refractivity contribution in [1.29, 1.82) is 0 Å². The van der Waals surface area contributed by atoms with Gasteiger partial charge in [-0.25, -0.2) is 8.42 Å². The minimum absolute atomic E-state index is 0. The summed E-state index contributed by atoms with van der Waals surface area (Å²) in [5.74, 6) is 0.0356. The van der Waals surface area contributed by atoms with E-state index in [1.54, 1.807) is 25.9 Å². The Morgan fingerprint density at radius 3 is 2.40 bits per heavy atom. The van der Waals surface area contributed by atoms with Crippen molar-refractivity contribution < 1.29 is 17.9 Å². The number of methoxy groups -OCH3 is 1. The van der Waals surface area contributed by atoms with Crippen molar-refractivity contribution in [2.45, 2.75) is 26.8 Å². The first-order valence-corrected chi connectivity index (χ1v) is 8.39. The quantitative estimate of drug-likeness (QED) is 0.584. The highest BCUT2D eigenvalue weighted by atomic mass is 35.5. The van der Waals surface area contributed by atoms with E-state index in [9.17, 15) is 13.2 Å². The number of carbonyl (C=O) groups is 1. The van der Waals surface area contributed by atoms with Crippen LogP contribution in [-0.2, 0) is 19.4 Å². The average molecular weight is 331 g/mol. The zero-order chi connectivity index (χ0) is 14.9. The third-order valence-corrected chi connectivity index (χ3v) is 4.76. The first-order chi connectivity index (χ1) is 8.87. The van der Waals surface area contributed by atoms with Gasteiger partial charge in [-0.3, -0.25) is 4.79 Å². The second-order valence-corrected chi connectivity index (χ2v) is 6.80. The Labute approximate surface area is 128 Å². The molecule has 0 rings (SSSR count). The van der Waals surface area contributed by atoms with Gasteiger partial charge in [-0.1, -0.05) is 6.92 Å². The Balaban J connectivity index is 0. The summed E-state index contributed by atoms with van der Waals surface area (Å²) in [5.41, 5.74) is 0. The molecule has 0 saturated carbocycles. The van der Waals surface area contributed by atoms with E-state index in [4.69, 9.17) is 4.74 Å². The monoisotopic (exact) mass is 330 g/mol. The Hall–Kier alpha value is -0.370. The molecule has 0 heterocycles. The fourth-order valence-corrected chi connectivity index (χ4v) is 2.93. The lowest BCUT2D eigenvalue weighted by molar-refractivity contribution is -0.131. The van der Waals surface area contributed by atoms with E-state index in [0.29, 0.717) is 19.7 Å². The maximum atomic E-state index is 12.0. The standard InChI is InChI=1S/C12H26N2O4S.ClH/c1-5-14(11(3)10-19(16,17)6-2)12(15)9-13-7-8-18-4;/h11,13H,5-10H2,1-4H3;1H. The van der Waals surface area contributed by atoms with Crippen LogP contribution < -0.4 is 5.32 Å². The molecule has 1 amide bonds. The van der Waals surface area contributed by atoms with Crippen molar-refractivity contribution in [3.05, 3.63) is 0 Å². The number of sulfone groups is 1. The fourth-order valence-electron chi connectivity index (χ4n) is 1.78. The number of ether oxygens (including phenoxy) is 1. The third-order valence-electron chi connectivity index (χ3n) is 2.89. The van der Waals surface area contributed by atoms with Crippen molar-refractivity contribution in [2.75, 3.05) is 44.9 Å². The highest BCUT2D eigenvalue weighted by molar-refractivity contribution is 7.91. The van der Waals surface area contributed by atoms with Gasteiger partial charge in [0.1, 0.15) is 0 Å². The van der Waals surface area contributed by atoms with Crippen LogP contribution in [0.4, 0.5) is 0 Å². The number of carbonyl (C=O) groups excluding carboxylic acids is 1. The zero-order valence-electron chi connectivity index (χ0n) is 12.7. The number of amides is 1. The van der Waals surface area contributed by atoms with Gasteiger partial charge in [0, 0.05) is 32.0 Å². The molecule has 0 aromatic heterocycles. The lowest BCUT2D eigenvalue weighted by Gasteiger charge is -2.28. The summed E-state index contributed by atoms with van der Waals surface area (Å²) >= 11 is 0. The van der Waals surface area contributed by atoms with Crippen LogP contribution >= 0.6 is 12.4 Å². The topological polar surface area (TPSA) is 75.7 Å². The summed E-state index contributed by atoms with van der Waals surface area (Å²) in [6.07, 6.45) is 0. The van der Waals surface area contributed by atoms with Gasteiger partial charge in [0.05, 0.1) is 18.9 Å². The molecule has 1 unspecified atom stereocenters. The van der Waals surface area contributed by atoms with Crippen LogP contribution in [0.15, 0.2) is 0 Å². The molecule has 0 radical (unpaired) electrons. The second-order valence-electron chi connectivity index (χ2n) is 4.40. The van der Waals surface area contributed by atoms with Crippen molar-refractivity contribution >= 4 is 28.2 Å². The maximum Gasteiger partial charge on any atom is 0.236 e. The zero-order valence-corrected chi connectivity index (χ0v) is 14.3. The van der Waals surface area contributed by atoms with Gasteiger partial charge >= 0.3 is 0 Å². The van der Waals surface area contributed by atoms with E-state index < -0.39 is 9.84 Å². The van der Waals surface area contributed by atoms with Gasteiger partial charge in [-0.2, -0.15) is 0 Å². The van der Waals surface area contributed by atoms with Gasteiger partial charge in [-0.15, -0.1) is 12.4 Å². The van der Waals surface area contributed by atoms with E-state index >= 15 is 0 Å². The van der Waals surface area contributed by atoms with Crippen LogP contribution in [0, 0.1) is 0 Å². The largest absolute Gasteiger partial charge is 0.383 e. The fraction of sp³-hybridized carbons (Fsp3) is 0.917. The lowest BCUT2D eigenvalue weighted by Crippen LogP contribution is -2.46. The number of likely N-dealkylation sites (N-methyl/N-ethyl adjacent to an activating group) is 1. The first-order valence-electron chi connectivity index (χ1n) is 6.57. The highest BCUT2D eigenvalue weighted by Crippen LogP contribution is 2.04. The molecule has 0 fully saturated rings. The van der Waals surface area contributed by atoms with E-state index in [-0.39, 0.29) is 42.4 Å². The third kappa shape index (κ3) is 8.73. The smallest absolute Gasteiger partial charge is 0.236 e. The van der Waals surface area contributed by atoms with Crippen LogP contribution in [0.3, 0.4) is 0 Å². The maximum absolute atomic E-state index is 12.0. The molecule has 0 saturated heterocycles. The van der Waals surface area contributed by atoms with Crippen molar-refractivity contribution in [2.24, 2.45) is 0 Å². The second kappa shape index (κ2) is 11.3. The first kappa shape index (κ1) is 21.9. The van der Waals surface area contributed by atoms with Crippen LogP contribution in [0.2, 0.25) is 0 Å². The summed E-state index contributed by atoms with van der Waals surface area (Å²) < 4.78 is 28.0. The molecule has 8 heteroatoms. The van der Waals surface area contributed by atoms with E-state index in [2.05, 4.69) is 5.32 Å². The average Bonchev–Trinajstić information content (AvgIpc) is 2.35. The minimum atomic E-state index is -3.07. The lowest BCUT2D eigenvalue weighted by atomic mass is 10.3. The van der Waals surface area contributed by atoms with E-state index in [1.165, 1.54) is 0 Å². The Bertz CT molecular complexity index is 362. The summed E-state index contributed by atoms with van der Waals surface area (Å²) in [7, 11) is -1.47. The number of hydrogen-bond acceptors (Lipinski definition) is 5. The summed E-state index contributed by atoms with van der Waals surface area (Å²) in [6, 6.07) is -0.299. The molecule has 0 spiro atoms. The molecule has 0 aliphatic carbocycles. The number of halogens is 1. The molecule has 0 aliphatic heterocycles. The molecule has 0 bridgehead atoms. The summed E-state index contributed by atoms with van der Waals surface area (Å²) in [4.78, 5) is 13.6. The molecule has 1 atom stereocenters. The van der Waals surface area contributed by atoms with Gasteiger partial charge in [0.15, 0.2) is 9.84 Å². The van der Waals surface area contributed by atoms with E-state index in [1.807, 2.05) is 6.92 Å². The number of hydrogen-bond donors (Lipinski definition) is 1. The van der Waals surface area contributed by atoms with Gasteiger partial charge in [0.25, 0.3) is 0 Å². The Morgan fingerprint density at radius 2 is 1.95 bits per heavy atom. The molecule has 0 aromatic carbocycles. The highest BCUT2D eigenvalue weighted by Gasteiger charge is 2.22. The predicted octanol–water partition coefficient (Wildman–Crippen LogP) is 0.316. The number of nitrogens with one attached hydrogen (secondary N) is 1. The van der Waals surface area contributed by atoms with Crippen LogP contribution in [-0.4, -0.2) is 70.1 Å². The van der Waals surface area contributed by atoms with E-state index in [0.717, 1.165) is 0 Å².